The first-order valence-corrected chi connectivity index (χ1v) is 7.43. The van der Waals surface area contributed by atoms with Crippen molar-refractivity contribution in [3.63, 3.8) is 0 Å². The molecule has 1 atom stereocenters. The summed E-state index contributed by atoms with van der Waals surface area (Å²) in [6.45, 7) is 2.13. The van der Waals surface area contributed by atoms with Crippen molar-refractivity contribution in [1.82, 2.24) is 4.90 Å². The minimum Gasteiger partial charge on any atom is -0.493 e. The highest BCUT2D eigenvalue weighted by atomic mass is 16.5. The molecule has 1 aliphatic heterocycles. The second-order valence-corrected chi connectivity index (χ2v) is 6.17. The summed E-state index contributed by atoms with van der Waals surface area (Å²) in [5.41, 5.74) is 7.31. The Bertz CT molecular complexity index is 485. The monoisotopic (exact) mass is 276 g/mol. The number of hydrogen-bond donors (Lipinski definition) is 1. The van der Waals surface area contributed by atoms with Crippen molar-refractivity contribution in [2.45, 2.75) is 37.3 Å². The van der Waals surface area contributed by atoms with Crippen molar-refractivity contribution in [2.75, 3.05) is 27.2 Å². The molecule has 3 rings (SSSR count). The van der Waals surface area contributed by atoms with Gasteiger partial charge < -0.3 is 20.1 Å². The molecular weight excluding hydrogens is 252 g/mol. The lowest BCUT2D eigenvalue weighted by molar-refractivity contribution is 0.101. The molecule has 2 aliphatic rings. The van der Waals surface area contributed by atoms with E-state index in [1.54, 1.807) is 7.11 Å². The van der Waals surface area contributed by atoms with Crippen LogP contribution in [0.3, 0.4) is 0 Å². The summed E-state index contributed by atoms with van der Waals surface area (Å²) >= 11 is 0. The summed E-state index contributed by atoms with van der Waals surface area (Å²) in [4.78, 5) is 2.32. The third-order valence-electron chi connectivity index (χ3n) is 4.40. The number of hydrogen-bond acceptors (Lipinski definition) is 4. The van der Waals surface area contributed by atoms with Crippen molar-refractivity contribution in [1.29, 1.82) is 0 Å². The van der Waals surface area contributed by atoms with Crippen molar-refractivity contribution >= 4 is 0 Å². The lowest BCUT2D eigenvalue weighted by atomic mass is 10.0. The van der Waals surface area contributed by atoms with Crippen LogP contribution in [0, 0.1) is 0 Å². The van der Waals surface area contributed by atoms with Crippen LogP contribution >= 0.6 is 0 Å². The Hall–Kier alpha value is -1.26. The minimum absolute atomic E-state index is 0.131. The van der Waals surface area contributed by atoms with Crippen LogP contribution in [-0.2, 0) is 5.54 Å². The van der Waals surface area contributed by atoms with Gasteiger partial charge in [-0.2, -0.15) is 0 Å². The Morgan fingerprint density at radius 3 is 2.75 bits per heavy atom. The highest BCUT2D eigenvalue weighted by molar-refractivity contribution is 5.46. The number of likely N-dealkylation sites (tertiary alicyclic amines) is 1. The van der Waals surface area contributed by atoms with E-state index < -0.39 is 0 Å². The first-order chi connectivity index (χ1) is 9.60. The Morgan fingerprint density at radius 2 is 2.10 bits per heavy atom. The van der Waals surface area contributed by atoms with Crippen LogP contribution in [-0.4, -0.2) is 38.3 Å². The molecule has 110 valence electrons. The maximum absolute atomic E-state index is 6.28. The molecule has 4 nitrogen and oxygen atoms in total. The molecule has 1 aliphatic carbocycles. The zero-order chi connectivity index (χ0) is 14.2. The topological polar surface area (TPSA) is 47.7 Å². The number of methoxy groups -OCH3 is 1. The van der Waals surface area contributed by atoms with Crippen molar-refractivity contribution in [3.05, 3.63) is 23.8 Å². The molecule has 0 bridgehead atoms. The predicted octanol–water partition coefficient (Wildman–Crippen LogP) is 2.12. The van der Waals surface area contributed by atoms with Crippen molar-refractivity contribution < 1.29 is 9.47 Å². The van der Waals surface area contributed by atoms with Gasteiger partial charge in [0.1, 0.15) is 6.10 Å². The van der Waals surface area contributed by atoms with Gasteiger partial charge in [-0.1, -0.05) is 6.07 Å². The number of rotatable bonds is 4. The van der Waals surface area contributed by atoms with E-state index >= 15 is 0 Å². The molecule has 4 heteroatoms. The number of nitrogens with zero attached hydrogens (tertiary/aromatic N) is 1. The van der Waals surface area contributed by atoms with E-state index in [4.69, 9.17) is 15.2 Å². The third-order valence-corrected chi connectivity index (χ3v) is 4.40. The van der Waals surface area contributed by atoms with Gasteiger partial charge in [0.2, 0.25) is 0 Å². The highest BCUT2D eigenvalue weighted by Crippen LogP contribution is 2.45. The molecule has 0 radical (unpaired) electrons. The van der Waals surface area contributed by atoms with E-state index in [0.717, 1.165) is 49.4 Å². The fraction of sp³-hybridized carbons (Fsp3) is 0.625. The minimum atomic E-state index is -0.131. The molecular formula is C16H24N2O2. The predicted molar refractivity (Wildman–Crippen MR) is 79.2 cm³/mol. The van der Waals surface area contributed by atoms with Crippen LogP contribution in [0.4, 0.5) is 0 Å². The summed E-state index contributed by atoms with van der Waals surface area (Å²) in [7, 11) is 3.83. The molecule has 0 spiro atoms. The Morgan fingerprint density at radius 1 is 1.30 bits per heavy atom. The first kappa shape index (κ1) is 13.7. The second kappa shape index (κ2) is 5.26. The molecule has 1 saturated carbocycles. The van der Waals surface area contributed by atoms with E-state index in [1.165, 1.54) is 6.42 Å². The summed E-state index contributed by atoms with van der Waals surface area (Å²) in [5, 5.41) is 0. The SMILES string of the molecule is COc1ccc(C2(N)CC2)cc1OC1CCCN(C)C1. The fourth-order valence-corrected chi connectivity index (χ4v) is 2.90. The molecule has 20 heavy (non-hydrogen) atoms. The van der Waals surface area contributed by atoms with E-state index in [1.807, 2.05) is 6.07 Å². The molecule has 1 heterocycles. The van der Waals surface area contributed by atoms with Gasteiger partial charge in [-0.15, -0.1) is 0 Å². The van der Waals surface area contributed by atoms with Crippen LogP contribution in [0.2, 0.25) is 0 Å². The molecule has 2 N–H and O–H groups in total. The van der Waals surface area contributed by atoms with Gasteiger partial charge in [0, 0.05) is 12.1 Å². The quantitative estimate of drug-likeness (QED) is 0.915. The molecule has 0 amide bonds. The molecule has 0 aromatic heterocycles. The van der Waals surface area contributed by atoms with Crippen LogP contribution in [0.1, 0.15) is 31.2 Å². The summed E-state index contributed by atoms with van der Waals surface area (Å²) in [6.07, 6.45) is 4.65. The van der Waals surface area contributed by atoms with E-state index in [9.17, 15) is 0 Å². The molecule has 1 unspecified atom stereocenters. The van der Waals surface area contributed by atoms with Crippen LogP contribution < -0.4 is 15.2 Å². The normalized spacial score (nSPS) is 25.2. The first-order valence-electron chi connectivity index (χ1n) is 7.43. The fourth-order valence-electron chi connectivity index (χ4n) is 2.90. The van der Waals surface area contributed by atoms with Gasteiger partial charge in [-0.25, -0.2) is 0 Å². The Labute approximate surface area is 120 Å². The number of benzene rings is 1. The molecule has 1 saturated heterocycles. The number of ether oxygens (including phenoxy) is 2. The maximum Gasteiger partial charge on any atom is 0.161 e. The van der Waals surface area contributed by atoms with Gasteiger partial charge in [-0.3, -0.25) is 0 Å². The summed E-state index contributed by atoms with van der Waals surface area (Å²) in [6, 6.07) is 6.11. The zero-order valence-electron chi connectivity index (χ0n) is 12.4. The largest absolute Gasteiger partial charge is 0.493 e. The van der Waals surface area contributed by atoms with Crippen LogP contribution in [0.5, 0.6) is 11.5 Å². The lowest BCUT2D eigenvalue weighted by Gasteiger charge is -2.30. The standard InChI is InChI=1S/C16H24N2O2/c1-18-9-3-4-13(11-18)20-15-10-12(16(17)7-8-16)5-6-14(15)19-2/h5-6,10,13H,3-4,7-9,11,17H2,1-2H3. The Kier molecular flexibility index (Phi) is 3.61. The Balaban J connectivity index is 1.79. The van der Waals surface area contributed by atoms with E-state index in [0.29, 0.717) is 0 Å². The average Bonchev–Trinajstić information content (AvgIpc) is 3.18. The summed E-state index contributed by atoms with van der Waals surface area (Å²) < 4.78 is 11.6. The van der Waals surface area contributed by atoms with Gasteiger partial charge in [-0.05, 0) is 57.0 Å². The number of piperidine rings is 1. The van der Waals surface area contributed by atoms with Gasteiger partial charge in [0.05, 0.1) is 7.11 Å². The highest BCUT2D eigenvalue weighted by Gasteiger charge is 2.40. The van der Waals surface area contributed by atoms with Gasteiger partial charge in [0.25, 0.3) is 0 Å². The van der Waals surface area contributed by atoms with Gasteiger partial charge in [0.15, 0.2) is 11.5 Å². The average molecular weight is 276 g/mol. The maximum atomic E-state index is 6.28. The third kappa shape index (κ3) is 2.76. The lowest BCUT2D eigenvalue weighted by Crippen LogP contribution is -2.38. The van der Waals surface area contributed by atoms with E-state index in [-0.39, 0.29) is 11.6 Å². The van der Waals surface area contributed by atoms with Gasteiger partial charge >= 0.3 is 0 Å². The number of nitrogens with two attached hydrogens (primary N) is 1. The van der Waals surface area contributed by atoms with Crippen LogP contribution in [0.25, 0.3) is 0 Å². The van der Waals surface area contributed by atoms with E-state index in [2.05, 4.69) is 24.1 Å². The zero-order valence-corrected chi connectivity index (χ0v) is 12.4. The molecule has 1 aromatic carbocycles. The molecule has 2 fully saturated rings. The van der Waals surface area contributed by atoms with Crippen molar-refractivity contribution in [3.8, 4) is 11.5 Å². The van der Waals surface area contributed by atoms with Crippen LogP contribution in [0.15, 0.2) is 18.2 Å². The van der Waals surface area contributed by atoms with Crippen molar-refractivity contribution in [2.24, 2.45) is 5.73 Å². The smallest absolute Gasteiger partial charge is 0.161 e. The number of likely N-dealkylation sites (N-methyl/N-ethyl adjacent to an activating group) is 1. The summed E-state index contributed by atoms with van der Waals surface area (Å²) in [5.74, 6) is 1.63. The molecule has 1 aromatic rings. The second-order valence-electron chi connectivity index (χ2n) is 6.17.